The standard InChI is InChI=1S/C33H50O3/c1-23(2)13-10-14-24(3)15-11-16-25(4)17-12-18-26(5)21-22-29-27(6)33(36-28(7)34)31-20-9-8-19-30(31)32(29)35/h8-9,19-21,23-25,33H,10-18,22H2,1-7H3. The minimum atomic E-state index is -0.473. The van der Waals surface area contributed by atoms with Crippen LogP contribution in [0.3, 0.4) is 0 Å². The molecule has 1 aliphatic rings. The Morgan fingerprint density at radius 2 is 1.50 bits per heavy atom. The van der Waals surface area contributed by atoms with Crippen LogP contribution in [0.15, 0.2) is 47.1 Å². The summed E-state index contributed by atoms with van der Waals surface area (Å²) < 4.78 is 5.61. The molecular formula is C33H50O3. The molecule has 0 saturated carbocycles. The van der Waals surface area contributed by atoms with Crippen LogP contribution in [0, 0.1) is 17.8 Å². The van der Waals surface area contributed by atoms with Crippen LogP contribution in [0.1, 0.15) is 135 Å². The summed E-state index contributed by atoms with van der Waals surface area (Å²) in [5.41, 5.74) is 4.38. The first-order chi connectivity index (χ1) is 17.1. The Labute approximate surface area is 220 Å². The first kappa shape index (κ1) is 30.1. The fraction of sp³-hybridized carbons (Fsp3) is 0.636. The summed E-state index contributed by atoms with van der Waals surface area (Å²) in [6, 6.07) is 7.48. The molecule has 0 bridgehead atoms. The van der Waals surface area contributed by atoms with Crippen molar-refractivity contribution in [2.24, 2.45) is 17.8 Å². The second-order valence-corrected chi connectivity index (χ2v) is 11.7. The maximum Gasteiger partial charge on any atom is 0.303 e. The molecule has 3 atom stereocenters. The van der Waals surface area contributed by atoms with Crippen LogP contribution in [0.4, 0.5) is 0 Å². The van der Waals surface area contributed by atoms with Crippen LogP contribution in [0.2, 0.25) is 0 Å². The number of carbonyl (C=O) groups is 2. The number of esters is 1. The number of ketones is 1. The lowest BCUT2D eigenvalue weighted by Gasteiger charge is -2.27. The fourth-order valence-electron chi connectivity index (χ4n) is 5.32. The monoisotopic (exact) mass is 494 g/mol. The lowest BCUT2D eigenvalue weighted by molar-refractivity contribution is -0.145. The lowest BCUT2D eigenvalue weighted by atomic mass is 9.82. The van der Waals surface area contributed by atoms with Gasteiger partial charge < -0.3 is 4.74 Å². The molecule has 0 N–H and O–H groups in total. The van der Waals surface area contributed by atoms with Crippen molar-refractivity contribution in [3.63, 3.8) is 0 Å². The quantitative estimate of drug-likeness (QED) is 0.180. The highest BCUT2D eigenvalue weighted by Gasteiger charge is 2.32. The van der Waals surface area contributed by atoms with Crippen LogP contribution in [0.25, 0.3) is 0 Å². The maximum atomic E-state index is 13.2. The molecule has 1 aliphatic carbocycles. The number of allylic oxidation sites excluding steroid dienone is 3. The second-order valence-electron chi connectivity index (χ2n) is 11.7. The van der Waals surface area contributed by atoms with Crippen molar-refractivity contribution < 1.29 is 14.3 Å². The van der Waals surface area contributed by atoms with E-state index in [2.05, 4.69) is 40.7 Å². The van der Waals surface area contributed by atoms with Gasteiger partial charge in [0.1, 0.15) is 6.10 Å². The number of hydrogen-bond acceptors (Lipinski definition) is 3. The van der Waals surface area contributed by atoms with Crippen molar-refractivity contribution in [1.29, 1.82) is 0 Å². The van der Waals surface area contributed by atoms with Gasteiger partial charge in [0.25, 0.3) is 0 Å². The maximum absolute atomic E-state index is 13.2. The van der Waals surface area contributed by atoms with Gasteiger partial charge in [-0.05, 0) is 56.4 Å². The molecule has 0 aliphatic heterocycles. The summed E-state index contributed by atoms with van der Waals surface area (Å²) >= 11 is 0. The molecule has 3 heteroatoms. The summed E-state index contributed by atoms with van der Waals surface area (Å²) in [4.78, 5) is 24.9. The number of carbonyl (C=O) groups excluding carboxylic acids is 2. The number of fused-ring (bicyclic) bond motifs is 1. The highest BCUT2D eigenvalue weighted by Crippen LogP contribution is 2.38. The van der Waals surface area contributed by atoms with E-state index in [1.807, 2.05) is 31.2 Å². The minimum Gasteiger partial charge on any atom is -0.453 e. The molecular weight excluding hydrogens is 444 g/mol. The fourth-order valence-corrected chi connectivity index (χ4v) is 5.32. The SMILES string of the molecule is CC(=O)OC1C(C)=C(CC=C(C)CCCC(C)CCCC(C)CCCC(C)C)C(=O)c2ccccc21. The van der Waals surface area contributed by atoms with Crippen molar-refractivity contribution in [3.8, 4) is 0 Å². The van der Waals surface area contributed by atoms with Gasteiger partial charge in [0.2, 0.25) is 0 Å². The number of benzene rings is 1. The van der Waals surface area contributed by atoms with Gasteiger partial charge in [-0.15, -0.1) is 0 Å². The third-order valence-electron chi connectivity index (χ3n) is 7.71. The molecule has 2 rings (SSSR count). The molecule has 1 aromatic rings. The highest BCUT2D eigenvalue weighted by molar-refractivity contribution is 6.11. The Hall–Kier alpha value is -2.16. The van der Waals surface area contributed by atoms with Gasteiger partial charge in [-0.3, -0.25) is 9.59 Å². The summed E-state index contributed by atoms with van der Waals surface area (Å²) in [7, 11) is 0. The molecule has 0 aromatic heterocycles. The number of hydrogen-bond donors (Lipinski definition) is 0. The van der Waals surface area contributed by atoms with E-state index in [1.165, 1.54) is 63.9 Å². The third kappa shape index (κ3) is 9.71. The van der Waals surface area contributed by atoms with Crippen LogP contribution < -0.4 is 0 Å². The molecule has 36 heavy (non-hydrogen) atoms. The first-order valence-corrected chi connectivity index (χ1v) is 14.3. The summed E-state index contributed by atoms with van der Waals surface area (Å²) in [6.45, 7) is 15.0. The van der Waals surface area contributed by atoms with E-state index in [1.54, 1.807) is 0 Å². The third-order valence-corrected chi connectivity index (χ3v) is 7.71. The molecule has 3 unspecified atom stereocenters. The Balaban J connectivity index is 1.81. The van der Waals surface area contributed by atoms with Gasteiger partial charge in [-0.25, -0.2) is 0 Å². The topological polar surface area (TPSA) is 43.4 Å². The predicted octanol–water partition coefficient (Wildman–Crippen LogP) is 9.58. The molecule has 200 valence electrons. The Morgan fingerprint density at radius 1 is 0.917 bits per heavy atom. The molecule has 0 saturated heterocycles. The predicted molar refractivity (Wildman–Crippen MR) is 151 cm³/mol. The van der Waals surface area contributed by atoms with Crippen molar-refractivity contribution in [3.05, 3.63) is 58.2 Å². The minimum absolute atomic E-state index is 0.0580. The van der Waals surface area contributed by atoms with Crippen LogP contribution in [-0.4, -0.2) is 11.8 Å². The first-order valence-electron chi connectivity index (χ1n) is 14.3. The van der Waals surface area contributed by atoms with Crippen molar-refractivity contribution in [1.82, 2.24) is 0 Å². The average Bonchev–Trinajstić information content (AvgIpc) is 2.81. The zero-order chi connectivity index (χ0) is 26.7. The molecule has 1 aromatic carbocycles. The normalized spacial score (nSPS) is 17.8. The van der Waals surface area contributed by atoms with E-state index in [9.17, 15) is 9.59 Å². The lowest BCUT2D eigenvalue weighted by Crippen LogP contribution is -2.22. The zero-order valence-electron chi connectivity index (χ0n) is 24.0. The van der Waals surface area contributed by atoms with E-state index in [0.29, 0.717) is 12.0 Å². The zero-order valence-corrected chi connectivity index (χ0v) is 24.0. The molecule has 0 fully saturated rings. The van der Waals surface area contributed by atoms with Crippen LogP contribution in [0.5, 0.6) is 0 Å². The second kappa shape index (κ2) is 15.2. The molecule has 0 spiro atoms. The molecule has 0 radical (unpaired) electrons. The Kier molecular flexibility index (Phi) is 12.7. The molecule has 0 amide bonds. The average molecular weight is 495 g/mol. The van der Waals surface area contributed by atoms with Crippen LogP contribution in [-0.2, 0) is 9.53 Å². The van der Waals surface area contributed by atoms with Crippen molar-refractivity contribution >= 4 is 11.8 Å². The largest absolute Gasteiger partial charge is 0.453 e. The Bertz CT molecular complexity index is 921. The van der Waals surface area contributed by atoms with Crippen LogP contribution >= 0.6 is 0 Å². The molecule has 3 nitrogen and oxygen atoms in total. The smallest absolute Gasteiger partial charge is 0.303 e. The molecule has 0 heterocycles. The van der Waals surface area contributed by atoms with Gasteiger partial charge >= 0.3 is 5.97 Å². The van der Waals surface area contributed by atoms with E-state index >= 15 is 0 Å². The van der Waals surface area contributed by atoms with Crippen molar-refractivity contribution in [2.45, 2.75) is 119 Å². The van der Waals surface area contributed by atoms with Gasteiger partial charge in [0.15, 0.2) is 5.78 Å². The van der Waals surface area contributed by atoms with Gasteiger partial charge in [-0.2, -0.15) is 0 Å². The number of rotatable bonds is 15. The van der Waals surface area contributed by atoms with E-state index in [-0.39, 0.29) is 11.8 Å². The van der Waals surface area contributed by atoms with Gasteiger partial charge in [0.05, 0.1) is 0 Å². The Morgan fingerprint density at radius 3 is 2.11 bits per heavy atom. The summed E-state index contributed by atoms with van der Waals surface area (Å²) in [6.07, 6.45) is 14.0. The number of Topliss-reactive ketones (excluding diaryl/α,β-unsaturated/α-hetero) is 1. The summed E-state index contributed by atoms with van der Waals surface area (Å²) in [5.74, 6) is 2.18. The van der Waals surface area contributed by atoms with E-state index in [4.69, 9.17) is 4.74 Å². The highest BCUT2D eigenvalue weighted by atomic mass is 16.5. The van der Waals surface area contributed by atoms with Crippen molar-refractivity contribution in [2.75, 3.05) is 0 Å². The van der Waals surface area contributed by atoms with Gasteiger partial charge in [0, 0.05) is 23.6 Å². The number of ether oxygens (including phenoxy) is 1. The van der Waals surface area contributed by atoms with Gasteiger partial charge in [-0.1, -0.05) is 109 Å². The van der Waals surface area contributed by atoms with E-state index in [0.717, 1.165) is 40.9 Å². The van der Waals surface area contributed by atoms with E-state index < -0.39 is 6.10 Å². The summed E-state index contributed by atoms with van der Waals surface area (Å²) in [5, 5.41) is 0.